The maximum atomic E-state index is 13.5. The molecule has 2 aliphatic heterocycles. The van der Waals surface area contributed by atoms with E-state index in [2.05, 4.69) is 72.9 Å². The van der Waals surface area contributed by atoms with Crippen LogP contribution in [0.2, 0.25) is 0 Å². The van der Waals surface area contributed by atoms with Crippen LogP contribution in [0.4, 0.5) is 10.1 Å². The first-order valence-electron chi connectivity index (χ1n) is 11.1. The lowest BCUT2D eigenvalue weighted by Gasteiger charge is -2.38. The fourth-order valence-corrected chi connectivity index (χ4v) is 4.57. The number of aryl methyl sites for hydroxylation is 2. The monoisotopic (exact) mass is 409 g/mol. The molecule has 1 aromatic rings. The molecule has 4 heteroatoms. The molecule has 2 heterocycles. The molecule has 1 atom stereocenters. The van der Waals surface area contributed by atoms with E-state index in [4.69, 9.17) is 0 Å². The quantitative estimate of drug-likeness (QED) is 0.532. The summed E-state index contributed by atoms with van der Waals surface area (Å²) in [5.74, 6) is -0.393. The molecule has 0 aromatic heterocycles. The highest BCUT2D eigenvalue weighted by Crippen LogP contribution is 2.25. The Bertz CT molecular complexity index is 831. The van der Waals surface area contributed by atoms with Crippen molar-refractivity contribution in [3.63, 3.8) is 0 Å². The van der Waals surface area contributed by atoms with Crippen molar-refractivity contribution in [1.29, 1.82) is 0 Å². The van der Waals surface area contributed by atoms with Gasteiger partial charge in [-0.25, -0.2) is 4.39 Å². The molecule has 1 unspecified atom stereocenters. The van der Waals surface area contributed by atoms with Gasteiger partial charge in [0, 0.05) is 62.3 Å². The summed E-state index contributed by atoms with van der Waals surface area (Å²) in [5.41, 5.74) is 6.03. The molecule has 2 aliphatic rings. The molecule has 30 heavy (non-hydrogen) atoms. The number of rotatable bonds is 7. The first-order valence-corrected chi connectivity index (χ1v) is 11.1. The lowest BCUT2D eigenvalue weighted by atomic mass is 10.1. The average molecular weight is 410 g/mol. The molecule has 3 nitrogen and oxygen atoms in total. The van der Waals surface area contributed by atoms with E-state index < -0.39 is 5.83 Å². The molecule has 3 rings (SSSR count). The topological polar surface area (TPSA) is 9.72 Å². The molecule has 2 saturated heterocycles. The summed E-state index contributed by atoms with van der Waals surface area (Å²) >= 11 is 0. The summed E-state index contributed by atoms with van der Waals surface area (Å²) in [6, 6.07) is 7.13. The third kappa shape index (κ3) is 5.56. The van der Waals surface area contributed by atoms with Crippen LogP contribution in [0.5, 0.6) is 0 Å². The van der Waals surface area contributed by atoms with Crippen LogP contribution >= 0.6 is 0 Å². The van der Waals surface area contributed by atoms with Gasteiger partial charge < -0.3 is 14.7 Å². The standard InChI is InChI=1S/C26H36FN3/c1-20-11-12-26(21(2)18-20)29-16-14-28(15-17-29)23(4)8-6-10-25(19-22(3)27)30-13-7-9-24(30)5/h6,10-12,18-19,24H,3-4,7-9,13-17H2,1-2,5H3/b10-6-,25-19+. The van der Waals surface area contributed by atoms with Crippen LogP contribution in [0.15, 0.2) is 66.8 Å². The van der Waals surface area contributed by atoms with Crippen LogP contribution in [-0.2, 0) is 0 Å². The van der Waals surface area contributed by atoms with E-state index in [0.29, 0.717) is 6.04 Å². The van der Waals surface area contributed by atoms with E-state index in [1.165, 1.54) is 16.8 Å². The number of likely N-dealkylation sites (tertiary alicyclic amines) is 1. The predicted octanol–water partition coefficient (Wildman–Crippen LogP) is 5.74. The Balaban J connectivity index is 1.54. The molecule has 1 aromatic carbocycles. The summed E-state index contributed by atoms with van der Waals surface area (Å²) < 4.78 is 13.5. The van der Waals surface area contributed by atoms with E-state index >= 15 is 0 Å². The van der Waals surface area contributed by atoms with Crippen LogP contribution in [0, 0.1) is 13.8 Å². The highest BCUT2D eigenvalue weighted by Gasteiger charge is 2.22. The summed E-state index contributed by atoms with van der Waals surface area (Å²) in [4.78, 5) is 7.11. The van der Waals surface area contributed by atoms with Crippen LogP contribution in [0.25, 0.3) is 0 Å². The van der Waals surface area contributed by atoms with Gasteiger partial charge in [0.15, 0.2) is 0 Å². The number of hydrogen-bond acceptors (Lipinski definition) is 3. The maximum Gasteiger partial charge on any atom is 0.118 e. The summed E-state index contributed by atoms with van der Waals surface area (Å²) in [6.45, 7) is 19.2. The van der Waals surface area contributed by atoms with Crippen molar-refractivity contribution in [2.45, 2.75) is 46.1 Å². The Morgan fingerprint density at radius 2 is 1.87 bits per heavy atom. The van der Waals surface area contributed by atoms with Crippen LogP contribution in [-0.4, -0.2) is 48.6 Å². The fourth-order valence-electron chi connectivity index (χ4n) is 4.57. The van der Waals surface area contributed by atoms with E-state index in [1.807, 2.05) is 6.08 Å². The zero-order chi connectivity index (χ0) is 21.7. The van der Waals surface area contributed by atoms with Crippen LogP contribution in [0.1, 0.15) is 37.3 Å². The molecule has 0 spiro atoms. The number of anilines is 1. The minimum Gasteiger partial charge on any atom is -0.371 e. The number of allylic oxidation sites excluding steroid dienone is 4. The number of benzene rings is 1. The lowest BCUT2D eigenvalue weighted by molar-refractivity contribution is 0.317. The van der Waals surface area contributed by atoms with Gasteiger partial charge in [0.2, 0.25) is 0 Å². The molecule has 162 valence electrons. The molecule has 0 bridgehead atoms. The molecular formula is C26H36FN3. The highest BCUT2D eigenvalue weighted by atomic mass is 19.1. The molecule has 0 N–H and O–H groups in total. The Morgan fingerprint density at radius 1 is 1.13 bits per heavy atom. The summed E-state index contributed by atoms with van der Waals surface area (Å²) in [7, 11) is 0. The second kappa shape index (κ2) is 10.0. The van der Waals surface area contributed by atoms with Gasteiger partial charge >= 0.3 is 0 Å². The van der Waals surface area contributed by atoms with Crippen molar-refractivity contribution in [3.8, 4) is 0 Å². The first kappa shape index (κ1) is 22.2. The molecular weight excluding hydrogens is 373 g/mol. The molecule has 0 radical (unpaired) electrons. The summed E-state index contributed by atoms with van der Waals surface area (Å²) in [5, 5.41) is 0. The number of piperazine rings is 1. The van der Waals surface area contributed by atoms with Crippen molar-refractivity contribution < 1.29 is 4.39 Å². The smallest absolute Gasteiger partial charge is 0.118 e. The molecule has 0 saturated carbocycles. The van der Waals surface area contributed by atoms with E-state index in [9.17, 15) is 4.39 Å². The van der Waals surface area contributed by atoms with Gasteiger partial charge in [-0.1, -0.05) is 36.9 Å². The molecule has 2 fully saturated rings. The third-order valence-corrected chi connectivity index (χ3v) is 6.25. The van der Waals surface area contributed by atoms with Gasteiger partial charge in [0.1, 0.15) is 5.83 Å². The SMILES string of the molecule is C=C(F)/C=C(\C=C/CC(=C)N1CCN(c2ccc(C)cc2C)CC1)N1CCCC1C. The maximum absolute atomic E-state index is 13.5. The predicted molar refractivity (Wildman–Crippen MR) is 126 cm³/mol. The molecule has 0 aliphatic carbocycles. The van der Waals surface area contributed by atoms with Crippen LogP contribution < -0.4 is 4.90 Å². The number of nitrogens with zero attached hydrogens (tertiary/aromatic N) is 3. The lowest BCUT2D eigenvalue weighted by Crippen LogP contribution is -2.45. The second-order valence-electron chi connectivity index (χ2n) is 8.64. The zero-order valence-corrected chi connectivity index (χ0v) is 18.8. The largest absolute Gasteiger partial charge is 0.371 e. The van der Waals surface area contributed by atoms with Crippen molar-refractivity contribution in [2.24, 2.45) is 0 Å². The van der Waals surface area contributed by atoms with Crippen molar-refractivity contribution in [3.05, 3.63) is 77.9 Å². The van der Waals surface area contributed by atoms with E-state index in [0.717, 1.165) is 63.4 Å². The minimum atomic E-state index is -0.393. The van der Waals surface area contributed by atoms with Crippen molar-refractivity contribution in [1.82, 2.24) is 9.80 Å². The second-order valence-corrected chi connectivity index (χ2v) is 8.64. The van der Waals surface area contributed by atoms with Gasteiger partial charge in [-0.05, 0) is 57.4 Å². The van der Waals surface area contributed by atoms with E-state index in [1.54, 1.807) is 6.08 Å². The number of halogens is 1. The first-order chi connectivity index (χ1) is 14.3. The normalized spacial score (nSPS) is 20.3. The van der Waals surface area contributed by atoms with Crippen molar-refractivity contribution >= 4 is 5.69 Å². The zero-order valence-electron chi connectivity index (χ0n) is 18.8. The minimum absolute atomic E-state index is 0.393. The number of hydrogen-bond donors (Lipinski definition) is 0. The average Bonchev–Trinajstić information content (AvgIpc) is 3.13. The Labute approximate surface area is 181 Å². The summed E-state index contributed by atoms with van der Waals surface area (Å²) in [6.07, 6.45) is 8.78. The Kier molecular flexibility index (Phi) is 7.41. The molecule has 0 amide bonds. The third-order valence-electron chi connectivity index (χ3n) is 6.25. The van der Waals surface area contributed by atoms with E-state index in [-0.39, 0.29) is 0 Å². The van der Waals surface area contributed by atoms with Gasteiger partial charge in [-0.3, -0.25) is 0 Å². The Hall–Kier alpha value is -2.49. The van der Waals surface area contributed by atoms with Gasteiger partial charge in [0.25, 0.3) is 0 Å². The Morgan fingerprint density at radius 3 is 2.47 bits per heavy atom. The van der Waals surface area contributed by atoms with Crippen LogP contribution in [0.3, 0.4) is 0 Å². The van der Waals surface area contributed by atoms with Gasteiger partial charge in [-0.2, -0.15) is 0 Å². The van der Waals surface area contributed by atoms with Crippen molar-refractivity contribution in [2.75, 3.05) is 37.6 Å². The fraction of sp³-hybridized carbons (Fsp3) is 0.462. The van der Waals surface area contributed by atoms with Gasteiger partial charge in [0.05, 0.1) is 0 Å². The highest BCUT2D eigenvalue weighted by molar-refractivity contribution is 5.54. The van der Waals surface area contributed by atoms with Gasteiger partial charge in [-0.15, -0.1) is 0 Å².